The molecule has 0 saturated carbocycles. The summed E-state index contributed by atoms with van der Waals surface area (Å²) in [7, 11) is 0. The van der Waals surface area contributed by atoms with Gasteiger partial charge in [-0.25, -0.2) is 4.79 Å². The van der Waals surface area contributed by atoms with Crippen LogP contribution in [0.2, 0.25) is 0 Å². The van der Waals surface area contributed by atoms with Gasteiger partial charge in [0.2, 0.25) is 0 Å². The van der Waals surface area contributed by atoms with Crippen LogP contribution in [0.25, 0.3) is 32.8 Å². The average Bonchev–Trinajstić information content (AvgIpc) is 3.63. The highest BCUT2D eigenvalue weighted by molar-refractivity contribution is 6.09. The molecule has 39 heavy (non-hydrogen) atoms. The second-order valence-corrected chi connectivity index (χ2v) is 9.42. The molecule has 2 N–H and O–H groups in total. The van der Waals surface area contributed by atoms with Gasteiger partial charge in [0.1, 0.15) is 17.5 Å². The number of hydrogen-bond donors (Lipinski definition) is 2. The van der Waals surface area contributed by atoms with Gasteiger partial charge in [-0.1, -0.05) is 64.9 Å². The number of hydrogen-bond acceptors (Lipinski definition) is 6. The highest BCUT2D eigenvalue weighted by atomic mass is 16.5. The lowest BCUT2D eigenvalue weighted by Gasteiger charge is -2.16. The van der Waals surface area contributed by atoms with E-state index in [1.807, 2.05) is 31.2 Å². The van der Waals surface area contributed by atoms with Crippen LogP contribution in [0.5, 0.6) is 0 Å². The van der Waals surface area contributed by atoms with Gasteiger partial charge in [-0.2, -0.15) is 0 Å². The molecule has 0 aliphatic carbocycles. The van der Waals surface area contributed by atoms with Crippen molar-refractivity contribution in [2.24, 2.45) is 0 Å². The summed E-state index contributed by atoms with van der Waals surface area (Å²) in [4.78, 5) is 24.9. The number of carboxylic acids is 1. The molecular formula is C31H23N3O5. The number of nitrogens with zero attached hydrogens (tertiary/aromatic N) is 2. The van der Waals surface area contributed by atoms with Crippen molar-refractivity contribution in [3.63, 3.8) is 0 Å². The summed E-state index contributed by atoms with van der Waals surface area (Å²) < 4.78 is 10.8. The first-order chi connectivity index (χ1) is 19.0. The molecule has 1 atom stereocenters. The summed E-state index contributed by atoms with van der Waals surface area (Å²) in [6, 6.07) is 24.0. The summed E-state index contributed by atoms with van der Waals surface area (Å²) in [5.74, 6) is -0.727. The fourth-order valence-corrected chi connectivity index (χ4v) is 4.76. The van der Waals surface area contributed by atoms with Crippen molar-refractivity contribution in [3.05, 3.63) is 119 Å². The van der Waals surface area contributed by atoms with Crippen LogP contribution in [0.4, 0.5) is 0 Å². The van der Waals surface area contributed by atoms with Crippen LogP contribution in [0, 0.1) is 0 Å². The molecule has 0 saturated heterocycles. The van der Waals surface area contributed by atoms with E-state index in [9.17, 15) is 14.7 Å². The number of carbonyl (C=O) groups excluding carboxylic acids is 1. The lowest BCUT2D eigenvalue weighted by molar-refractivity contribution is 0.0696. The number of carbonyl (C=O) groups is 2. The molecule has 0 aliphatic heterocycles. The maximum absolute atomic E-state index is 13.7. The van der Waals surface area contributed by atoms with Crippen molar-refractivity contribution >= 4 is 33.6 Å². The molecule has 0 spiro atoms. The topological polar surface area (TPSA) is 118 Å². The van der Waals surface area contributed by atoms with Gasteiger partial charge in [0.25, 0.3) is 5.91 Å². The van der Waals surface area contributed by atoms with Crippen LogP contribution < -0.4 is 5.32 Å². The summed E-state index contributed by atoms with van der Waals surface area (Å²) in [6.45, 7) is 1.85. The van der Waals surface area contributed by atoms with Gasteiger partial charge >= 0.3 is 5.97 Å². The summed E-state index contributed by atoms with van der Waals surface area (Å²) in [5, 5.41) is 23.2. The predicted molar refractivity (Wildman–Crippen MR) is 146 cm³/mol. The third-order valence-corrected chi connectivity index (χ3v) is 6.84. The van der Waals surface area contributed by atoms with Crippen molar-refractivity contribution in [1.29, 1.82) is 0 Å². The van der Waals surface area contributed by atoms with Crippen LogP contribution in [0.15, 0.2) is 100 Å². The maximum atomic E-state index is 13.7. The van der Waals surface area contributed by atoms with Crippen molar-refractivity contribution in [1.82, 2.24) is 15.6 Å². The highest BCUT2D eigenvalue weighted by Gasteiger charge is 2.22. The minimum atomic E-state index is -1.00. The molecule has 6 rings (SSSR count). The smallest absolute Gasteiger partial charge is 0.335 e. The predicted octanol–water partition coefficient (Wildman–Crippen LogP) is 6.42. The third-order valence-electron chi connectivity index (χ3n) is 6.84. The number of fused-ring (bicyclic) bond motifs is 2. The minimum absolute atomic E-state index is 0.184. The lowest BCUT2D eigenvalue weighted by atomic mass is 9.97. The Balaban J connectivity index is 1.38. The van der Waals surface area contributed by atoms with E-state index in [2.05, 4.69) is 39.9 Å². The molecule has 0 bridgehead atoms. The Kier molecular flexibility index (Phi) is 6.13. The Hall–Kier alpha value is -5.24. The minimum Gasteiger partial charge on any atom is -0.478 e. The second-order valence-electron chi connectivity index (χ2n) is 9.42. The van der Waals surface area contributed by atoms with E-state index in [4.69, 9.17) is 9.05 Å². The maximum Gasteiger partial charge on any atom is 0.335 e. The number of aromatic nitrogens is 2. The number of carboxylic acid groups (broad SMARTS) is 1. The molecule has 1 amide bonds. The number of benzene rings is 4. The van der Waals surface area contributed by atoms with Crippen molar-refractivity contribution in [3.8, 4) is 11.1 Å². The van der Waals surface area contributed by atoms with Crippen LogP contribution in [0.3, 0.4) is 0 Å². The standard InChI is InChI=1S/C31H23N3O5/c1-18(20-8-10-22(11-9-20)31(36)37)33-30(35)26-14-24(25-16-32-38-17-25)15-27-29(26)28(39-34-27)13-19-6-7-21-4-2-3-5-23(21)12-19/h2-12,14-18H,13H2,1H3,(H,33,35)(H,36,37)/t18-/m0/s1. The number of rotatable bonds is 7. The van der Waals surface area contributed by atoms with E-state index in [0.29, 0.717) is 34.2 Å². The second kappa shape index (κ2) is 9.90. The van der Waals surface area contributed by atoms with E-state index in [0.717, 1.165) is 27.5 Å². The van der Waals surface area contributed by atoms with Crippen LogP contribution in [-0.2, 0) is 6.42 Å². The van der Waals surface area contributed by atoms with Crippen molar-refractivity contribution < 1.29 is 23.7 Å². The molecule has 2 heterocycles. The van der Waals surface area contributed by atoms with E-state index < -0.39 is 5.97 Å². The number of nitrogens with one attached hydrogen (secondary N) is 1. The summed E-state index contributed by atoms with van der Waals surface area (Å²) >= 11 is 0. The first kappa shape index (κ1) is 24.1. The largest absolute Gasteiger partial charge is 0.478 e. The van der Waals surface area contributed by atoms with E-state index in [1.165, 1.54) is 18.4 Å². The SMILES string of the molecule is C[C@H](NC(=O)c1cc(-c2cnoc2)cc2noc(Cc3ccc4ccccc4c3)c12)c1ccc(C(=O)O)cc1. The summed E-state index contributed by atoms with van der Waals surface area (Å²) in [5.41, 5.74) is 4.39. The van der Waals surface area contributed by atoms with Gasteiger partial charge in [-0.05, 0) is 58.7 Å². The zero-order valence-electron chi connectivity index (χ0n) is 20.9. The number of amides is 1. The van der Waals surface area contributed by atoms with E-state index in [1.54, 1.807) is 24.4 Å². The van der Waals surface area contributed by atoms with Gasteiger partial charge in [-0.15, -0.1) is 0 Å². The molecular weight excluding hydrogens is 494 g/mol. The number of aromatic carboxylic acids is 1. The molecule has 8 nitrogen and oxygen atoms in total. The molecule has 2 aromatic heterocycles. The van der Waals surface area contributed by atoms with Crippen LogP contribution >= 0.6 is 0 Å². The first-order valence-electron chi connectivity index (χ1n) is 12.4. The highest BCUT2D eigenvalue weighted by Crippen LogP contribution is 2.32. The molecule has 4 aromatic carbocycles. The fourth-order valence-electron chi connectivity index (χ4n) is 4.76. The van der Waals surface area contributed by atoms with Gasteiger partial charge in [0, 0.05) is 12.0 Å². The van der Waals surface area contributed by atoms with Gasteiger partial charge in [-0.3, -0.25) is 4.79 Å². The van der Waals surface area contributed by atoms with E-state index >= 15 is 0 Å². The zero-order chi connectivity index (χ0) is 26.9. The van der Waals surface area contributed by atoms with Crippen molar-refractivity contribution in [2.75, 3.05) is 0 Å². The molecule has 8 heteroatoms. The Morgan fingerprint density at radius 3 is 2.49 bits per heavy atom. The van der Waals surface area contributed by atoms with Crippen molar-refractivity contribution in [2.45, 2.75) is 19.4 Å². The average molecular weight is 518 g/mol. The van der Waals surface area contributed by atoms with Gasteiger partial charge in [0.15, 0.2) is 0 Å². The normalized spacial score (nSPS) is 12.0. The molecule has 192 valence electrons. The van der Waals surface area contributed by atoms with Gasteiger partial charge in [0.05, 0.1) is 28.8 Å². The quantitative estimate of drug-likeness (QED) is 0.251. The zero-order valence-corrected chi connectivity index (χ0v) is 20.9. The Morgan fingerprint density at radius 1 is 0.949 bits per heavy atom. The lowest BCUT2D eigenvalue weighted by Crippen LogP contribution is -2.27. The Morgan fingerprint density at radius 2 is 1.74 bits per heavy atom. The van der Waals surface area contributed by atoms with Crippen LogP contribution in [0.1, 0.15) is 50.6 Å². The molecule has 0 aliphatic rings. The van der Waals surface area contributed by atoms with Gasteiger partial charge < -0.3 is 19.5 Å². The monoisotopic (exact) mass is 517 g/mol. The third kappa shape index (κ3) is 4.75. The molecule has 0 unspecified atom stereocenters. The Bertz CT molecular complexity index is 1820. The fraction of sp³-hybridized carbons (Fsp3) is 0.0968. The van der Waals surface area contributed by atoms with E-state index in [-0.39, 0.29) is 17.5 Å². The molecule has 0 fully saturated rings. The summed E-state index contributed by atoms with van der Waals surface area (Å²) in [6.07, 6.45) is 3.54. The Labute approximate surface area is 222 Å². The van der Waals surface area contributed by atoms with Crippen LogP contribution in [-0.4, -0.2) is 27.3 Å². The molecule has 6 aromatic rings. The molecule has 0 radical (unpaired) electrons. The first-order valence-corrected chi connectivity index (χ1v) is 12.4.